The molecular formula is C16H23NO. The van der Waals surface area contributed by atoms with Crippen LogP contribution < -0.4 is 10.5 Å². The fourth-order valence-electron chi connectivity index (χ4n) is 3.52. The highest BCUT2D eigenvalue weighted by Gasteiger charge is 2.39. The van der Waals surface area contributed by atoms with E-state index in [-0.39, 0.29) is 11.6 Å². The van der Waals surface area contributed by atoms with E-state index in [2.05, 4.69) is 18.2 Å². The van der Waals surface area contributed by atoms with Crippen LogP contribution in [0.1, 0.15) is 63.0 Å². The predicted molar refractivity (Wildman–Crippen MR) is 73.7 cm³/mol. The Morgan fingerprint density at radius 2 is 1.67 bits per heavy atom. The van der Waals surface area contributed by atoms with Gasteiger partial charge < -0.3 is 10.5 Å². The summed E-state index contributed by atoms with van der Waals surface area (Å²) in [7, 11) is 0. The molecule has 0 amide bonds. The van der Waals surface area contributed by atoms with Gasteiger partial charge in [0.15, 0.2) is 0 Å². The van der Waals surface area contributed by atoms with Crippen molar-refractivity contribution in [2.45, 2.75) is 63.0 Å². The van der Waals surface area contributed by atoms with Gasteiger partial charge in [0.2, 0.25) is 0 Å². The van der Waals surface area contributed by atoms with Crippen LogP contribution in [0.5, 0.6) is 5.75 Å². The van der Waals surface area contributed by atoms with Crippen molar-refractivity contribution in [3.05, 3.63) is 29.8 Å². The largest absolute Gasteiger partial charge is 0.487 e. The Labute approximate surface area is 110 Å². The molecule has 3 rings (SSSR count). The Kier molecular flexibility index (Phi) is 3.29. The van der Waals surface area contributed by atoms with Crippen LogP contribution in [0, 0.1) is 0 Å². The van der Waals surface area contributed by atoms with E-state index >= 15 is 0 Å². The number of para-hydroxylation sites is 1. The van der Waals surface area contributed by atoms with E-state index in [1.165, 1.54) is 50.5 Å². The Morgan fingerprint density at radius 3 is 2.44 bits per heavy atom. The molecule has 2 nitrogen and oxygen atoms in total. The number of hydrogen-bond donors (Lipinski definition) is 1. The van der Waals surface area contributed by atoms with E-state index in [1.807, 2.05) is 6.07 Å². The first-order valence-electron chi connectivity index (χ1n) is 7.33. The summed E-state index contributed by atoms with van der Waals surface area (Å²) < 4.78 is 6.39. The molecule has 1 fully saturated rings. The van der Waals surface area contributed by atoms with Crippen molar-refractivity contribution in [1.29, 1.82) is 0 Å². The number of ether oxygens (including phenoxy) is 1. The van der Waals surface area contributed by atoms with Gasteiger partial charge in [-0.15, -0.1) is 0 Å². The number of benzene rings is 1. The van der Waals surface area contributed by atoms with Gasteiger partial charge in [0.25, 0.3) is 0 Å². The lowest BCUT2D eigenvalue weighted by Crippen LogP contribution is -2.43. The molecule has 1 heterocycles. The Bertz CT molecular complexity index is 407. The minimum absolute atomic E-state index is 0.0220. The Morgan fingerprint density at radius 1 is 1.00 bits per heavy atom. The van der Waals surface area contributed by atoms with Crippen LogP contribution >= 0.6 is 0 Å². The van der Waals surface area contributed by atoms with Gasteiger partial charge in [-0.05, 0) is 31.7 Å². The normalized spacial score (nSPS) is 26.8. The Hall–Kier alpha value is -1.02. The first-order valence-corrected chi connectivity index (χ1v) is 7.33. The molecular weight excluding hydrogens is 222 g/mol. The second-order valence-corrected chi connectivity index (χ2v) is 5.90. The maximum atomic E-state index is 6.39. The lowest BCUT2D eigenvalue weighted by atomic mass is 9.79. The van der Waals surface area contributed by atoms with Gasteiger partial charge in [0.05, 0.1) is 0 Å². The minimum atomic E-state index is 0.0220. The summed E-state index contributed by atoms with van der Waals surface area (Å²) in [5.74, 6) is 1.02. The summed E-state index contributed by atoms with van der Waals surface area (Å²) in [6.07, 6.45) is 10.0. The average Bonchev–Trinajstić information content (AvgIpc) is 2.35. The second-order valence-electron chi connectivity index (χ2n) is 5.90. The van der Waals surface area contributed by atoms with E-state index in [0.717, 1.165) is 12.2 Å². The van der Waals surface area contributed by atoms with Crippen molar-refractivity contribution in [2.75, 3.05) is 0 Å². The van der Waals surface area contributed by atoms with Gasteiger partial charge in [-0.2, -0.15) is 0 Å². The van der Waals surface area contributed by atoms with E-state index in [9.17, 15) is 0 Å². The molecule has 0 aromatic heterocycles. The van der Waals surface area contributed by atoms with Gasteiger partial charge in [-0.25, -0.2) is 0 Å². The molecule has 0 unspecified atom stereocenters. The molecule has 2 aliphatic rings. The topological polar surface area (TPSA) is 35.2 Å². The summed E-state index contributed by atoms with van der Waals surface area (Å²) >= 11 is 0. The van der Waals surface area contributed by atoms with E-state index < -0.39 is 0 Å². The summed E-state index contributed by atoms with van der Waals surface area (Å²) in [5.41, 5.74) is 7.57. The van der Waals surface area contributed by atoms with Crippen LogP contribution in [0.4, 0.5) is 0 Å². The SMILES string of the molecule is N[C@H]1CC2(CCCCCCC2)Oc2ccccc21. The van der Waals surface area contributed by atoms with Crippen molar-refractivity contribution in [3.63, 3.8) is 0 Å². The number of nitrogens with two attached hydrogens (primary N) is 1. The van der Waals surface area contributed by atoms with E-state index in [0.29, 0.717) is 0 Å². The summed E-state index contributed by atoms with van der Waals surface area (Å²) in [6.45, 7) is 0. The molecule has 0 bridgehead atoms. The number of rotatable bonds is 0. The fourth-order valence-corrected chi connectivity index (χ4v) is 3.52. The molecule has 2 N–H and O–H groups in total. The smallest absolute Gasteiger partial charge is 0.124 e. The third-order valence-corrected chi connectivity index (χ3v) is 4.50. The fraction of sp³-hybridized carbons (Fsp3) is 0.625. The van der Waals surface area contributed by atoms with Gasteiger partial charge in [-0.1, -0.05) is 37.5 Å². The average molecular weight is 245 g/mol. The zero-order chi connectivity index (χ0) is 12.4. The lowest BCUT2D eigenvalue weighted by Gasteiger charge is -2.42. The molecule has 1 spiro atoms. The van der Waals surface area contributed by atoms with Crippen LogP contribution in [-0.4, -0.2) is 5.60 Å². The number of hydrogen-bond acceptors (Lipinski definition) is 2. The van der Waals surface area contributed by atoms with Crippen LogP contribution in [0.25, 0.3) is 0 Å². The summed E-state index contributed by atoms with van der Waals surface area (Å²) in [5, 5.41) is 0. The molecule has 1 aliphatic carbocycles. The van der Waals surface area contributed by atoms with E-state index in [1.54, 1.807) is 0 Å². The minimum Gasteiger partial charge on any atom is -0.487 e. The monoisotopic (exact) mass is 245 g/mol. The summed E-state index contributed by atoms with van der Waals surface area (Å²) in [4.78, 5) is 0. The van der Waals surface area contributed by atoms with Crippen molar-refractivity contribution in [2.24, 2.45) is 5.73 Å². The zero-order valence-corrected chi connectivity index (χ0v) is 11.0. The third kappa shape index (κ3) is 2.26. The maximum Gasteiger partial charge on any atom is 0.124 e. The molecule has 0 saturated heterocycles. The molecule has 1 aromatic carbocycles. The number of fused-ring (bicyclic) bond motifs is 1. The van der Waals surface area contributed by atoms with Crippen molar-refractivity contribution >= 4 is 0 Å². The first kappa shape index (κ1) is 12.0. The quantitative estimate of drug-likeness (QED) is 0.751. The lowest BCUT2D eigenvalue weighted by molar-refractivity contribution is 0.0113. The van der Waals surface area contributed by atoms with Crippen LogP contribution in [0.2, 0.25) is 0 Å². The Balaban J connectivity index is 1.86. The molecule has 1 atom stereocenters. The highest BCUT2D eigenvalue weighted by Crippen LogP contribution is 2.43. The highest BCUT2D eigenvalue weighted by molar-refractivity contribution is 5.38. The second kappa shape index (κ2) is 4.93. The van der Waals surface area contributed by atoms with Gasteiger partial charge in [0.1, 0.15) is 11.4 Å². The first-order chi connectivity index (χ1) is 8.79. The molecule has 1 saturated carbocycles. The third-order valence-electron chi connectivity index (χ3n) is 4.50. The van der Waals surface area contributed by atoms with Crippen molar-refractivity contribution in [3.8, 4) is 5.75 Å². The molecule has 98 valence electrons. The van der Waals surface area contributed by atoms with Crippen LogP contribution in [0.3, 0.4) is 0 Å². The van der Waals surface area contributed by atoms with E-state index in [4.69, 9.17) is 10.5 Å². The van der Waals surface area contributed by atoms with Gasteiger partial charge in [0, 0.05) is 18.0 Å². The molecule has 1 aliphatic heterocycles. The van der Waals surface area contributed by atoms with Crippen LogP contribution in [-0.2, 0) is 0 Å². The highest BCUT2D eigenvalue weighted by atomic mass is 16.5. The van der Waals surface area contributed by atoms with Gasteiger partial charge >= 0.3 is 0 Å². The standard InChI is InChI=1S/C16H23NO/c17-14-12-16(10-6-2-1-3-7-11-16)18-15-9-5-4-8-13(14)15/h4-5,8-9,14H,1-3,6-7,10-12,17H2/t14-/m0/s1. The molecule has 2 heteroatoms. The van der Waals surface area contributed by atoms with Crippen LogP contribution in [0.15, 0.2) is 24.3 Å². The maximum absolute atomic E-state index is 6.39. The molecule has 0 radical (unpaired) electrons. The predicted octanol–water partition coefficient (Wildman–Crippen LogP) is 3.95. The van der Waals surface area contributed by atoms with Crippen molar-refractivity contribution in [1.82, 2.24) is 0 Å². The molecule has 18 heavy (non-hydrogen) atoms. The van der Waals surface area contributed by atoms with Gasteiger partial charge in [-0.3, -0.25) is 0 Å². The van der Waals surface area contributed by atoms with Crippen molar-refractivity contribution < 1.29 is 4.74 Å². The summed E-state index contributed by atoms with van der Waals surface area (Å²) in [6, 6.07) is 8.44. The zero-order valence-electron chi connectivity index (χ0n) is 11.0. The molecule has 1 aromatic rings.